The zero-order valence-corrected chi connectivity index (χ0v) is 11.1. The highest BCUT2D eigenvalue weighted by Crippen LogP contribution is 2.27. The summed E-state index contributed by atoms with van der Waals surface area (Å²) in [5.74, 6) is -1.35. The van der Waals surface area contributed by atoms with Gasteiger partial charge in [-0.2, -0.15) is 0 Å². The average molecular weight is 267 g/mol. The van der Waals surface area contributed by atoms with E-state index in [9.17, 15) is 14.3 Å². The second-order valence-electron chi connectivity index (χ2n) is 4.83. The minimum Gasteiger partial charge on any atom is -0.481 e. The summed E-state index contributed by atoms with van der Waals surface area (Å²) in [6.07, 6.45) is 0.592. The molecule has 5 heteroatoms. The molecule has 1 aromatic carbocycles. The largest absolute Gasteiger partial charge is 0.481 e. The van der Waals surface area contributed by atoms with Crippen LogP contribution in [0.15, 0.2) is 29.4 Å². The molecule has 0 saturated heterocycles. The predicted molar refractivity (Wildman–Crippen MR) is 70.0 cm³/mol. The molecule has 0 aromatic heterocycles. The molecule has 0 aliphatic carbocycles. The maximum atomic E-state index is 13.5. The summed E-state index contributed by atoms with van der Waals surface area (Å²) in [6.45, 7) is 3.34. The molecule has 0 heterocycles. The van der Waals surface area contributed by atoms with E-state index in [0.717, 1.165) is 0 Å². The number of carboxylic acid groups (broad SMARTS) is 1. The molecule has 0 fully saturated rings. The summed E-state index contributed by atoms with van der Waals surface area (Å²) in [4.78, 5) is 11.2. The maximum absolute atomic E-state index is 13.5. The molecule has 4 nitrogen and oxygen atoms in total. The highest BCUT2D eigenvalue weighted by atomic mass is 19.1. The van der Waals surface area contributed by atoms with Gasteiger partial charge in [-0.25, -0.2) is 4.39 Å². The van der Waals surface area contributed by atoms with Gasteiger partial charge >= 0.3 is 5.97 Å². The van der Waals surface area contributed by atoms with Gasteiger partial charge < -0.3 is 10.3 Å². The van der Waals surface area contributed by atoms with Gasteiger partial charge in [0.2, 0.25) is 0 Å². The Labute approximate surface area is 111 Å². The molecule has 0 radical (unpaired) electrons. The number of oxime groups is 1. The zero-order valence-electron chi connectivity index (χ0n) is 11.1. The summed E-state index contributed by atoms with van der Waals surface area (Å²) in [5, 5.41) is 21.3. The molecule has 0 aliphatic heterocycles. The van der Waals surface area contributed by atoms with Crippen LogP contribution in [0.2, 0.25) is 0 Å². The van der Waals surface area contributed by atoms with Crippen LogP contribution in [-0.4, -0.2) is 22.0 Å². The van der Waals surface area contributed by atoms with E-state index < -0.39 is 17.2 Å². The Morgan fingerprint density at radius 2 is 2.05 bits per heavy atom. The fourth-order valence-corrected chi connectivity index (χ4v) is 1.80. The van der Waals surface area contributed by atoms with Gasteiger partial charge in [-0.05, 0) is 25.0 Å². The molecular formula is C14H18FNO3. The predicted octanol–water partition coefficient (Wildman–Crippen LogP) is 3.09. The van der Waals surface area contributed by atoms with Crippen molar-refractivity contribution < 1.29 is 19.5 Å². The van der Waals surface area contributed by atoms with E-state index >= 15 is 0 Å². The molecule has 1 unspecified atom stereocenters. The van der Waals surface area contributed by atoms with Crippen LogP contribution in [0.4, 0.5) is 4.39 Å². The minimum absolute atomic E-state index is 0.0870. The Balaban J connectivity index is 2.87. The molecule has 1 atom stereocenters. The first-order chi connectivity index (χ1) is 8.92. The van der Waals surface area contributed by atoms with Gasteiger partial charge in [-0.1, -0.05) is 30.3 Å². The lowest BCUT2D eigenvalue weighted by Gasteiger charge is -2.23. The number of halogens is 1. The van der Waals surface area contributed by atoms with Crippen molar-refractivity contribution in [1.29, 1.82) is 0 Å². The number of benzene rings is 1. The lowest BCUT2D eigenvalue weighted by molar-refractivity contribution is -0.147. The molecule has 0 saturated carbocycles. The van der Waals surface area contributed by atoms with Crippen LogP contribution in [-0.2, 0) is 11.2 Å². The Morgan fingerprint density at radius 3 is 2.53 bits per heavy atom. The fourth-order valence-electron chi connectivity index (χ4n) is 1.80. The van der Waals surface area contributed by atoms with E-state index in [1.165, 1.54) is 6.07 Å². The molecule has 2 N–H and O–H groups in total. The Hall–Kier alpha value is -1.91. The smallest absolute Gasteiger partial charge is 0.309 e. The maximum Gasteiger partial charge on any atom is 0.309 e. The average Bonchev–Trinajstić information content (AvgIpc) is 2.40. The van der Waals surface area contributed by atoms with Crippen LogP contribution in [0.25, 0.3) is 0 Å². The second-order valence-corrected chi connectivity index (χ2v) is 4.83. The zero-order chi connectivity index (χ0) is 14.5. The second kappa shape index (κ2) is 6.31. The van der Waals surface area contributed by atoms with Crippen molar-refractivity contribution in [3.63, 3.8) is 0 Å². The first-order valence-corrected chi connectivity index (χ1v) is 6.09. The van der Waals surface area contributed by atoms with Crippen molar-refractivity contribution in [2.24, 2.45) is 10.6 Å². The molecule has 19 heavy (non-hydrogen) atoms. The van der Waals surface area contributed by atoms with Crippen LogP contribution < -0.4 is 0 Å². The van der Waals surface area contributed by atoms with Crippen LogP contribution >= 0.6 is 0 Å². The molecule has 1 rings (SSSR count). The first kappa shape index (κ1) is 15.1. The van der Waals surface area contributed by atoms with Crippen molar-refractivity contribution >= 4 is 11.7 Å². The monoisotopic (exact) mass is 267 g/mol. The van der Waals surface area contributed by atoms with E-state index in [0.29, 0.717) is 12.0 Å². The van der Waals surface area contributed by atoms with Crippen molar-refractivity contribution in [2.45, 2.75) is 33.1 Å². The van der Waals surface area contributed by atoms with Crippen molar-refractivity contribution in [3.05, 3.63) is 35.6 Å². The third-order valence-electron chi connectivity index (χ3n) is 3.38. The summed E-state index contributed by atoms with van der Waals surface area (Å²) in [6, 6.07) is 6.16. The SMILES string of the molecule is CCC(C)(CC(Cc1ccccc1F)=NO)C(=O)O. The molecule has 0 aliphatic rings. The van der Waals surface area contributed by atoms with Crippen LogP contribution in [0.3, 0.4) is 0 Å². The molecule has 0 amide bonds. The van der Waals surface area contributed by atoms with Gasteiger partial charge in [-0.3, -0.25) is 4.79 Å². The number of rotatable bonds is 6. The molecule has 104 valence electrons. The summed E-state index contributed by atoms with van der Waals surface area (Å²) < 4.78 is 13.5. The van der Waals surface area contributed by atoms with Gasteiger partial charge in [0.25, 0.3) is 0 Å². The van der Waals surface area contributed by atoms with Crippen molar-refractivity contribution in [2.75, 3.05) is 0 Å². The number of nitrogens with zero attached hydrogens (tertiary/aromatic N) is 1. The fraction of sp³-hybridized carbons (Fsp3) is 0.429. The molecule has 1 aromatic rings. The minimum atomic E-state index is -1.01. The Bertz CT molecular complexity index is 487. The quantitative estimate of drug-likeness (QED) is 0.472. The number of hydrogen-bond donors (Lipinski definition) is 2. The lowest BCUT2D eigenvalue weighted by atomic mass is 9.81. The Morgan fingerprint density at radius 1 is 1.42 bits per heavy atom. The molecule has 0 spiro atoms. The van der Waals surface area contributed by atoms with Crippen LogP contribution in [0, 0.1) is 11.2 Å². The van der Waals surface area contributed by atoms with Crippen LogP contribution in [0.5, 0.6) is 0 Å². The van der Waals surface area contributed by atoms with Gasteiger partial charge in [-0.15, -0.1) is 0 Å². The van der Waals surface area contributed by atoms with E-state index in [2.05, 4.69) is 5.16 Å². The van der Waals surface area contributed by atoms with Crippen molar-refractivity contribution in [1.82, 2.24) is 0 Å². The normalized spacial score (nSPS) is 15.0. The number of aliphatic carboxylic acids is 1. The first-order valence-electron chi connectivity index (χ1n) is 6.09. The van der Waals surface area contributed by atoms with Crippen LogP contribution in [0.1, 0.15) is 32.3 Å². The Kier molecular flexibility index (Phi) is 5.03. The third kappa shape index (κ3) is 3.77. The number of carboxylic acids is 1. The summed E-state index contributed by atoms with van der Waals surface area (Å²) in [5.41, 5.74) is -0.358. The summed E-state index contributed by atoms with van der Waals surface area (Å²) >= 11 is 0. The van der Waals surface area contributed by atoms with Crippen molar-refractivity contribution in [3.8, 4) is 0 Å². The van der Waals surface area contributed by atoms with Gasteiger partial charge in [0.05, 0.1) is 11.1 Å². The lowest BCUT2D eigenvalue weighted by Crippen LogP contribution is -2.30. The highest BCUT2D eigenvalue weighted by Gasteiger charge is 2.33. The van der Waals surface area contributed by atoms with Gasteiger partial charge in [0, 0.05) is 12.8 Å². The molecule has 0 bridgehead atoms. The summed E-state index contributed by atoms with van der Waals surface area (Å²) in [7, 11) is 0. The third-order valence-corrected chi connectivity index (χ3v) is 3.38. The van der Waals surface area contributed by atoms with E-state index in [4.69, 9.17) is 5.21 Å². The van der Waals surface area contributed by atoms with E-state index in [1.54, 1.807) is 32.0 Å². The van der Waals surface area contributed by atoms with E-state index in [1.807, 2.05) is 0 Å². The number of carbonyl (C=O) groups is 1. The molecular weight excluding hydrogens is 249 g/mol. The van der Waals surface area contributed by atoms with E-state index in [-0.39, 0.29) is 18.6 Å². The van der Waals surface area contributed by atoms with Gasteiger partial charge in [0.1, 0.15) is 5.82 Å². The standard InChI is InChI=1S/C14H18FNO3/c1-3-14(2,13(17)18)9-11(16-19)8-10-6-4-5-7-12(10)15/h4-7,19H,3,8-9H2,1-2H3,(H,17,18). The topological polar surface area (TPSA) is 69.9 Å². The highest BCUT2D eigenvalue weighted by molar-refractivity contribution is 5.90. The van der Waals surface area contributed by atoms with Gasteiger partial charge in [0.15, 0.2) is 0 Å². The number of hydrogen-bond acceptors (Lipinski definition) is 3.